The van der Waals surface area contributed by atoms with Crippen LogP contribution in [0.1, 0.15) is 17.7 Å². The van der Waals surface area contributed by atoms with Crippen LogP contribution in [0.5, 0.6) is 5.88 Å². The number of nitriles is 1. The average molecular weight is 198 g/mol. The summed E-state index contributed by atoms with van der Waals surface area (Å²) in [6, 6.07) is 4.55. The van der Waals surface area contributed by atoms with Gasteiger partial charge in [0.2, 0.25) is 5.88 Å². The minimum atomic E-state index is -2.65. The van der Waals surface area contributed by atoms with E-state index in [-0.39, 0.29) is 18.0 Å². The second-order valence-electron chi connectivity index (χ2n) is 2.58. The van der Waals surface area contributed by atoms with Gasteiger partial charge in [0.1, 0.15) is 5.69 Å². The van der Waals surface area contributed by atoms with Gasteiger partial charge in [0, 0.05) is 6.07 Å². The number of alkyl halides is 2. The molecule has 14 heavy (non-hydrogen) atoms. The standard InChI is InChI=1S/C9H8F2N2O/c1-14-8-5-6(2-3-12)4-7(13-8)9(10)11/h4-5,9H,2H2,1H3. The van der Waals surface area contributed by atoms with Crippen molar-refractivity contribution in [3.63, 3.8) is 0 Å². The van der Waals surface area contributed by atoms with Crippen molar-refractivity contribution < 1.29 is 13.5 Å². The van der Waals surface area contributed by atoms with E-state index in [0.717, 1.165) is 0 Å². The molecular weight excluding hydrogens is 190 g/mol. The minimum Gasteiger partial charge on any atom is -0.481 e. The van der Waals surface area contributed by atoms with Crippen LogP contribution in [-0.2, 0) is 6.42 Å². The number of ether oxygens (including phenoxy) is 1. The largest absolute Gasteiger partial charge is 0.481 e. The Kier molecular flexibility index (Phi) is 3.35. The molecule has 1 aromatic rings. The van der Waals surface area contributed by atoms with Crippen molar-refractivity contribution in [3.8, 4) is 11.9 Å². The first-order valence-electron chi connectivity index (χ1n) is 3.87. The van der Waals surface area contributed by atoms with Gasteiger partial charge in [0.05, 0.1) is 19.6 Å². The molecule has 0 atom stereocenters. The molecule has 0 aliphatic carbocycles. The Morgan fingerprint density at radius 2 is 2.29 bits per heavy atom. The summed E-state index contributed by atoms with van der Waals surface area (Å²) in [7, 11) is 1.34. The van der Waals surface area contributed by atoms with Gasteiger partial charge in [-0.15, -0.1) is 0 Å². The van der Waals surface area contributed by atoms with Crippen molar-refractivity contribution in [1.29, 1.82) is 5.26 Å². The van der Waals surface area contributed by atoms with Crippen LogP contribution in [0.4, 0.5) is 8.78 Å². The lowest BCUT2D eigenvalue weighted by molar-refractivity contribution is 0.145. The second kappa shape index (κ2) is 4.51. The van der Waals surface area contributed by atoms with Crippen LogP contribution >= 0.6 is 0 Å². The van der Waals surface area contributed by atoms with Crippen LogP contribution in [0.25, 0.3) is 0 Å². The molecule has 0 amide bonds. The molecule has 0 unspecified atom stereocenters. The van der Waals surface area contributed by atoms with Crippen molar-refractivity contribution in [3.05, 3.63) is 23.4 Å². The summed E-state index contributed by atoms with van der Waals surface area (Å²) in [5, 5.41) is 8.41. The summed E-state index contributed by atoms with van der Waals surface area (Å²) in [4.78, 5) is 3.55. The molecule has 0 fully saturated rings. The molecule has 0 saturated carbocycles. The van der Waals surface area contributed by atoms with Crippen LogP contribution < -0.4 is 4.74 Å². The van der Waals surface area contributed by atoms with E-state index < -0.39 is 6.43 Å². The van der Waals surface area contributed by atoms with Crippen LogP contribution in [0.3, 0.4) is 0 Å². The molecule has 74 valence electrons. The van der Waals surface area contributed by atoms with Gasteiger partial charge in [-0.2, -0.15) is 5.26 Å². The summed E-state index contributed by atoms with van der Waals surface area (Å²) in [5.41, 5.74) is 0.115. The number of nitrogens with zero attached hydrogens (tertiary/aromatic N) is 2. The predicted molar refractivity (Wildman–Crippen MR) is 45.1 cm³/mol. The molecule has 0 radical (unpaired) electrons. The third kappa shape index (κ3) is 2.39. The van der Waals surface area contributed by atoms with Crippen molar-refractivity contribution >= 4 is 0 Å². The van der Waals surface area contributed by atoms with E-state index >= 15 is 0 Å². The van der Waals surface area contributed by atoms with Crippen molar-refractivity contribution in [1.82, 2.24) is 4.98 Å². The van der Waals surface area contributed by atoms with Gasteiger partial charge >= 0.3 is 0 Å². The van der Waals surface area contributed by atoms with Crippen molar-refractivity contribution in [2.45, 2.75) is 12.8 Å². The molecule has 0 aliphatic heterocycles. The van der Waals surface area contributed by atoms with Gasteiger partial charge in [-0.25, -0.2) is 13.8 Å². The average Bonchev–Trinajstić information content (AvgIpc) is 2.17. The maximum atomic E-state index is 12.3. The van der Waals surface area contributed by atoms with Gasteiger partial charge in [0.25, 0.3) is 6.43 Å². The first-order chi connectivity index (χ1) is 6.67. The smallest absolute Gasteiger partial charge is 0.280 e. The third-order valence-corrected chi connectivity index (χ3v) is 1.60. The Bertz CT molecular complexity index is 360. The lowest BCUT2D eigenvalue weighted by Gasteiger charge is -2.04. The number of halogens is 2. The fourth-order valence-corrected chi connectivity index (χ4v) is 0.992. The molecule has 0 bridgehead atoms. The molecule has 1 heterocycles. The van der Waals surface area contributed by atoms with E-state index in [1.54, 1.807) is 0 Å². The summed E-state index contributed by atoms with van der Waals surface area (Å²) in [6.07, 6.45) is -2.58. The number of rotatable bonds is 3. The fourth-order valence-electron chi connectivity index (χ4n) is 0.992. The Hall–Kier alpha value is -1.70. The Balaban J connectivity index is 3.08. The zero-order valence-electron chi connectivity index (χ0n) is 7.50. The minimum absolute atomic E-state index is 0.0681. The molecule has 0 aromatic carbocycles. The quantitative estimate of drug-likeness (QED) is 0.747. The highest BCUT2D eigenvalue weighted by Crippen LogP contribution is 2.21. The highest BCUT2D eigenvalue weighted by atomic mass is 19.3. The van der Waals surface area contributed by atoms with Crippen LogP contribution in [0.2, 0.25) is 0 Å². The van der Waals surface area contributed by atoms with Crippen LogP contribution in [-0.4, -0.2) is 12.1 Å². The predicted octanol–water partition coefficient (Wildman–Crippen LogP) is 2.09. The monoisotopic (exact) mass is 198 g/mol. The second-order valence-corrected chi connectivity index (χ2v) is 2.58. The van der Waals surface area contributed by atoms with Gasteiger partial charge in [0.15, 0.2) is 0 Å². The van der Waals surface area contributed by atoms with Gasteiger partial charge in [-0.1, -0.05) is 0 Å². The van der Waals surface area contributed by atoms with E-state index in [1.807, 2.05) is 6.07 Å². The third-order valence-electron chi connectivity index (χ3n) is 1.60. The molecule has 1 rings (SSSR count). The first-order valence-corrected chi connectivity index (χ1v) is 3.87. The highest BCUT2D eigenvalue weighted by Gasteiger charge is 2.11. The van der Waals surface area contributed by atoms with Crippen LogP contribution in [0, 0.1) is 11.3 Å². The molecular formula is C9H8F2N2O. The van der Waals surface area contributed by atoms with E-state index in [1.165, 1.54) is 19.2 Å². The van der Waals surface area contributed by atoms with E-state index in [0.29, 0.717) is 5.56 Å². The zero-order valence-corrected chi connectivity index (χ0v) is 7.50. The normalized spacial score (nSPS) is 9.93. The Labute approximate surface area is 79.9 Å². The molecule has 0 N–H and O–H groups in total. The summed E-state index contributed by atoms with van der Waals surface area (Å²) < 4.78 is 29.3. The van der Waals surface area contributed by atoms with Gasteiger partial charge in [-0.3, -0.25) is 0 Å². The topological polar surface area (TPSA) is 45.9 Å². The maximum absolute atomic E-state index is 12.3. The summed E-state index contributed by atoms with van der Waals surface area (Å²) in [5.74, 6) is 0.105. The summed E-state index contributed by atoms with van der Waals surface area (Å²) in [6.45, 7) is 0. The van der Waals surface area contributed by atoms with Crippen molar-refractivity contribution in [2.75, 3.05) is 7.11 Å². The molecule has 5 heteroatoms. The molecule has 0 saturated heterocycles. The SMILES string of the molecule is COc1cc(CC#N)cc(C(F)F)n1. The fraction of sp³-hybridized carbons (Fsp3) is 0.333. The zero-order chi connectivity index (χ0) is 10.6. The first kappa shape index (κ1) is 10.4. The molecule has 0 spiro atoms. The Morgan fingerprint density at radius 1 is 1.57 bits per heavy atom. The summed E-state index contributed by atoms with van der Waals surface area (Å²) >= 11 is 0. The van der Waals surface area contributed by atoms with Crippen LogP contribution in [0.15, 0.2) is 12.1 Å². The maximum Gasteiger partial charge on any atom is 0.280 e. The number of hydrogen-bond acceptors (Lipinski definition) is 3. The van der Waals surface area contributed by atoms with E-state index in [9.17, 15) is 8.78 Å². The van der Waals surface area contributed by atoms with E-state index in [2.05, 4.69) is 4.98 Å². The van der Waals surface area contributed by atoms with Gasteiger partial charge in [-0.05, 0) is 11.6 Å². The molecule has 0 aliphatic rings. The number of aromatic nitrogens is 1. The number of hydrogen-bond donors (Lipinski definition) is 0. The van der Waals surface area contributed by atoms with E-state index in [4.69, 9.17) is 10.00 Å². The van der Waals surface area contributed by atoms with Crippen molar-refractivity contribution in [2.24, 2.45) is 0 Å². The Morgan fingerprint density at radius 3 is 2.79 bits per heavy atom. The lowest BCUT2D eigenvalue weighted by Crippen LogP contribution is -1.97. The highest BCUT2D eigenvalue weighted by molar-refractivity contribution is 5.27. The van der Waals surface area contributed by atoms with Gasteiger partial charge < -0.3 is 4.74 Å². The number of pyridine rings is 1. The lowest BCUT2D eigenvalue weighted by atomic mass is 10.2. The molecule has 1 aromatic heterocycles. The number of methoxy groups -OCH3 is 1. The molecule has 3 nitrogen and oxygen atoms in total.